The normalized spacial score (nSPS) is 10.9. The molecule has 0 fully saturated rings. The Bertz CT molecular complexity index is 879. The Balaban J connectivity index is 2.16. The molecule has 0 amide bonds. The molecular weight excluding hydrogens is 343 g/mol. The maximum absolute atomic E-state index is 2.97. The van der Waals surface area contributed by atoms with Gasteiger partial charge in [0.15, 0.2) is 0 Å². The Labute approximate surface area is 167 Å². The van der Waals surface area contributed by atoms with Crippen molar-refractivity contribution in [3.8, 4) is 22.3 Å². The van der Waals surface area contributed by atoms with E-state index in [1.54, 1.807) is 0 Å². The smallest absolute Gasteiger partial charge is 0.00308 e. The lowest BCUT2D eigenvalue weighted by Crippen LogP contribution is -2.03. The summed E-state index contributed by atoms with van der Waals surface area (Å²) in [6, 6.07) is 24.6. The van der Waals surface area contributed by atoms with Gasteiger partial charge in [-0.15, -0.1) is 9.24 Å². The van der Waals surface area contributed by atoms with Crippen LogP contribution in [0.25, 0.3) is 22.3 Å². The molecule has 0 saturated carbocycles. The van der Waals surface area contributed by atoms with E-state index in [1.165, 1.54) is 64.4 Å². The maximum atomic E-state index is 2.97. The molecule has 1 unspecified atom stereocenters. The van der Waals surface area contributed by atoms with E-state index >= 15 is 0 Å². The second-order valence-electron chi connectivity index (χ2n) is 7.29. The van der Waals surface area contributed by atoms with Gasteiger partial charge in [-0.1, -0.05) is 93.4 Å². The first kappa shape index (κ1) is 19.8. The molecule has 0 nitrogen and oxygen atoms in total. The third-order valence-electron chi connectivity index (χ3n) is 5.29. The topological polar surface area (TPSA) is 0 Å². The Morgan fingerprint density at radius 1 is 0.593 bits per heavy atom. The van der Waals surface area contributed by atoms with E-state index in [4.69, 9.17) is 0 Å². The average Bonchev–Trinajstić information content (AvgIpc) is 2.71. The van der Waals surface area contributed by atoms with Gasteiger partial charge in [0, 0.05) is 0 Å². The van der Waals surface area contributed by atoms with Crippen LogP contribution in [0.5, 0.6) is 0 Å². The molecule has 0 aliphatic heterocycles. The van der Waals surface area contributed by atoms with Crippen molar-refractivity contribution < 1.29 is 0 Å². The minimum Gasteiger partial charge on any atom is -0.105 e. The number of aryl methyl sites for hydroxylation is 2. The minimum atomic E-state index is 1.14. The molecule has 0 N–H and O–H groups in total. The second-order valence-corrected chi connectivity index (χ2v) is 7.91. The van der Waals surface area contributed by atoms with Crippen LogP contribution in [-0.2, 0) is 12.8 Å². The summed E-state index contributed by atoms with van der Waals surface area (Å²) in [5.41, 5.74) is 8.42. The van der Waals surface area contributed by atoms with Crippen LogP contribution in [-0.4, -0.2) is 0 Å². The first-order valence-corrected chi connectivity index (χ1v) is 10.9. The summed E-state index contributed by atoms with van der Waals surface area (Å²) >= 11 is 0. The van der Waals surface area contributed by atoms with Gasteiger partial charge in [0.1, 0.15) is 0 Å². The van der Waals surface area contributed by atoms with E-state index in [9.17, 15) is 0 Å². The van der Waals surface area contributed by atoms with Gasteiger partial charge in [-0.05, 0) is 64.4 Å². The van der Waals surface area contributed by atoms with E-state index in [0.29, 0.717) is 0 Å². The van der Waals surface area contributed by atoms with Crippen LogP contribution in [0.15, 0.2) is 66.7 Å². The van der Waals surface area contributed by atoms with Crippen molar-refractivity contribution in [2.45, 2.75) is 52.4 Å². The van der Waals surface area contributed by atoms with Gasteiger partial charge in [0.05, 0.1) is 0 Å². The Morgan fingerprint density at radius 3 is 1.74 bits per heavy atom. The van der Waals surface area contributed by atoms with Gasteiger partial charge in [0.2, 0.25) is 0 Å². The third-order valence-corrected chi connectivity index (χ3v) is 5.77. The molecule has 0 aliphatic rings. The first-order chi connectivity index (χ1) is 13.3. The van der Waals surface area contributed by atoms with Crippen molar-refractivity contribution in [2.24, 2.45) is 0 Å². The first-order valence-electron chi connectivity index (χ1n) is 10.3. The fourth-order valence-electron chi connectivity index (χ4n) is 3.81. The highest BCUT2D eigenvalue weighted by molar-refractivity contribution is 7.28. The SMILES string of the molecule is CCCCc1ccccc1-c1cccc(P)c1-c1ccccc1CCCC. The summed E-state index contributed by atoms with van der Waals surface area (Å²) in [4.78, 5) is 0. The average molecular weight is 375 g/mol. The predicted molar refractivity (Wildman–Crippen MR) is 124 cm³/mol. The molecule has 140 valence electrons. The van der Waals surface area contributed by atoms with Gasteiger partial charge >= 0.3 is 0 Å². The molecule has 0 bridgehead atoms. The van der Waals surface area contributed by atoms with Crippen LogP contribution in [0.1, 0.15) is 50.7 Å². The fourth-order valence-corrected chi connectivity index (χ4v) is 4.24. The molecule has 3 rings (SSSR count). The van der Waals surface area contributed by atoms with Crippen molar-refractivity contribution in [3.05, 3.63) is 77.9 Å². The highest BCUT2D eigenvalue weighted by Crippen LogP contribution is 2.36. The number of hydrogen-bond donors (Lipinski definition) is 0. The summed E-state index contributed by atoms with van der Waals surface area (Å²) in [7, 11) is 2.97. The van der Waals surface area contributed by atoms with E-state index in [0.717, 1.165) is 12.8 Å². The molecule has 1 atom stereocenters. The molecular formula is C26H31P. The lowest BCUT2D eigenvalue weighted by Gasteiger charge is -2.19. The lowest BCUT2D eigenvalue weighted by atomic mass is 9.87. The number of hydrogen-bond acceptors (Lipinski definition) is 0. The highest BCUT2D eigenvalue weighted by Gasteiger charge is 2.15. The third kappa shape index (κ3) is 4.69. The van der Waals surface area contributed by atoms with Crippen molar-refractivity contribution in [2.75, 3.05) is 0 Å². The van der Waals surface area contributed by atoms with Crippen molar-refractivity contribution in [1.82, 2.24) is 0 Å². The summed E-state index contributed by atoms with van der Waals surface area (Å²) in [6.07, 6.45) is 7.21. The quantitative estimate of drug-likeness (QED) is 0.366. The zero-order valence-electron chi connectivity index (χ0n) is 16.7. The van der Waals surface area contributed by atoms with Crippen molar-refractivity contribution in [1.29, 1.82) is 0 Å². The minimum absolute atomic E-state index is 1.14. The Kier molecular flexibility index (Phi) is 7.25. The maximum Gasteiger partial charge on any atom is -0.00308 e. The standard InChI is InChI=1S/C26H31P/c1-3-5-12-20-14-7-9-16-22(20)24-18-11-19-25(27)26(24)23-17-10-8-15-21(23)13-6-4-2/h7-11,14-19H,3-6,12-13,27H2,1-2H3. The van der Waals surface area contributed by atoms with Gasteiger partial charge in [-0.3, -0.25) is 0 Å². The van der Waals surface area contributed by atoms with Gasteiger partial charge in [-0.2, -0.15) is 0 Å². The zero-order chi connectivity index (χ0) is 19.1. The van der Waals surface area contributed by atoms with Crippen LogP contribution in [0.3, 0.4) is 0 Å². The molecule has 0 heterocycles. The van der Waals surface area contributed by atoms with Gasteiger partial charge in [-0.25, -0.2) is 0 Å². The van der Waals surface area contributed by atoms with E-state index < -0.39 is 0 Å². The molecule has 1 heteroatoms. The van der Waals surface area contributed by atoms with Gasteiger partial charge < -0.3 is 0 Å². The largest absolute Gasteiger partial charge is 0.105 e. The van der Waals surface area contributed by atoms with Crippen LogP contribution >= 0.6 is 9.24 Å². The Morgan fingerprint density at radius 2 is 1.11 bits per heavy atom. The van der Waals surface area contributed by atoms with E-state index in [1.807, 2.05) is 0 Å². The van der Waals surface area contributed by atoms with Crippen molar-refractivity contribution in [3.63, 3.8) is 0 Å². The second kappa shape index (κ2) is 9.86. The van der Waals surface area contributed by atoms with Crippen LogP contribution < -0.4 is 5.30 Å². The summed E-state index contributed by atoms with van der Waals surface area (Å²) in [5.74, 6) is 0. The van der Waals surface area contributed by atoms with Gasteiger partial charge in [0.25, 0.3) is 0 Å². The summed E-state index contributed by atoms with van der Waals surface area (Å²) in [5, 5.41) is 1.28. The number of benzene rings is 3. The Hall–Kier alpha value is -1.91. The van der Waals surface area contributed by atoms with E-state index in [2.05, 4.69) is 89.8 Å². The molecule has 0 aromatic heterocycles. The number of unbranched alkanes of at least 4 members (excludes halogenated alkanes) is 2. The molecule has 3 aromatic rings. The number of rotatable bonds is 8. The van der Waals surface area contributed by atoms with Crippen LogP contribution in [0.2, 0.25) is 0 Å². The molecule has 0 radical (unpaired) electrons. The van der Waals surface area contributed by atoms with Crippen LogP contribution in [0, 0.1) is 0 Å². The fraction of sp³-hybridized carbons (Fsp3) is 0.308. The zero-order valence-corrected chi connectivity index (χ0v) is 17.8. The summed E-state index contributed by atoms with van der Waals surface area (Å²) < 4.78 is 0. The van der Waals surface area contributed by atoms with Crippen LogP contribution in [0.4, 0.5) is 0 Å². The summed E-state index contributed by atoms with van der Waals surface area (Å²) in [6.45, 7) is 4.53. The molecule has 0 saturated heterocycles. The van der Waals surface area contributed by atoms with E-state index in [-0.39, 0.29) is 0 Å². The molecule has 3 aromatic carbocycles. The predicted octanol–water partition coefficient (Wildman–Crippen LogP) is 7.21. The van der Waals surface area contributed by atoms with Crippen molar-refractivity contribution >= 4 is 14.5 Å². The lowest BCUT2D eigenvalue weighted by molar-refractivity contribution is 0.795. The molecule has 0 spiro atoms. The molecule has 27 heavy (non-hydrogen) atoms. The highest BCUT2D eigenvalue weighted by atomic mass is 31.0. The molecule has 0 aliphatic carbocycles. The monoisotopic (exact) mass is 374 g/mol.